The van der Waals surface area contributed by atoms with E-state index in [-0.39, 0.29) is 0 Å². The second-order valence-corrected chi connectivity index (χ2v) is 3.31. The van der Waals surface area contributed by atoms with Gasteiger partial charge in [-0.3, -0.25) is 9.48 Å². The molecule has 1 aromatic rings. The molecule has 3 heteroatoms. The van der Waals surface area contributed by atoms with Crippen LogP contribution < -0.4 is 0 Å². The Balaban J connectivity index is 2.28. The summed E-state index contributed by atoms with van der Waals surface area (Å²) in [5.41, 5.74) is 2.38. The minimum atomic E-state index is 0.339. The van der Waals surface area contributed by atoms with Gasteiger partial charge in [0.1, 0.15) is 5.78 Å². The van der Waals surface area contributed by atoms with Crippen LogP contribution in [0.3, 0.4) is 0 Å². The van der Waals surface area contributed by atoms with Gasteiger partial charge in [0, 0.05) is 26.1 Å². The summed E-state index contributed by atoms with van der Waals surface area (Å²) in [6.07, 6.45) is 5.92. The lowest BCUT2D eigenvalue weighted by Gasteiger charge is -2.11. The molecule has 0 unspecified atom stereocenters. The highest BCUT2D eigenvalue weighted by atomic mass is 16.1. The molecule has 1 aromatic heterocycles. The molecule has 0 aliphatic heterocycles. The van der Waals surface area contributed by atoms with Crippen molar-refractivity contribution in [2.75, 3.05) is 0 Å². The fourth-order valence-corrected chi connectivity index (χ4v) is 1.64. The SMILES string of the molecule is Cn1nccc1C1=CCC(=O)CC1. The molecule has 0 bridgehead atoms. The van der Waals surface area contributed by atoms with E-state index in [1.54, 1.807) is 6.20 Å². The number of allylic oxidation sites excluding steroid dienone is 2. The van der Waals surface area contributed by atoms with Crippen LogP contribution in [-0.2, 0) is 11.8 Å². The van der Waals surface area contributed by atoms with Gasteiger partial charge in [-0.05, 0) is 18.1 Å². The minimum absolute atomic E-state index is 0.339. The van der Waals surface area contributed by atoms with E-state index in [1.807, 2.05) is 23.9 Å². The number of hydrogen-bond donors (Lipinski definition) is 0. The van der Waals surface area contributed by atoms with Gasteiger partial charge in [-0.2, -0.15) is 5.10 Å². The van der Waals surface area contributed by atoms with E-state index < -0.39 is 0 Å². The molecule has 3 nitrogen and oxygen atoms in total. The Morgan fingerprint density at radius 3 is 2.85 bits per heavy atom. The molecule has 1 aliphatic carbocycles. The second-order valence-electron chi connectivity index (χ2n) is 3.31. The van der Waals surface area contributed by atoms with Crippen molar-refractivity contribution in [2.45, 2.75) is 19.3 Å². The predicted octanol–water partition coefficient (Wildman–Crippen LogP) is 1.56. The molecule has 13 heavy (non-hydrogen) atoms. The highest BCUT2D eigenvalue weighted by Crippen LogP contribution is 2.24. The first-order chi connectivity index (χ1) is 6.27. The van der Waals surface area contributed by atoms with Crippen molar-refractivity contribution in [2.24, 2.45) is 7.05 Å². The third-order valence-electron chi connectivity index (χ3n) is 2.40. The van der Waals surface area contributed by atoms with Gasteiger partial charge in [0.05, 0.1) is 5.69 Å². The molecule has 0 spiro atoms. The summed E-state index contributed by atoms with van der Waals surface area (Å²) in [6.45, 7) is 0. The molecule has 0 saturated carbocycles. The van der Waals surface area contributed by atoms with Crippen molar-refractivity contribution in [3.63, 3.8) is 0 Å². The standard InChI is InChI=1S/C10H12N2O/c1-12-10(6-7-11-12)8-2-4-9(13)5-3-8/h2,6-7H,3-5H2,1H3. The van der Waals surface area contributed by atoms with E-state index in [9.17, 15) is 4.79 Å². The van der Waals surface area contributed by atoms with Gasteiger partial charge in [0.15, 0.2) is 0 Å². The largest absolute Gasteiger partial charge is 0.299 e. The van der Waals surface area contributed by atoms with Crippen molar-refractivity contribution in [1.29, 1.82) is 0 Å². The lowest BCUT2D eigenvalue weighted by Crippen LogP contribution is -2.05. The molecular weight excluding hydrogens is 164 g/mol. The zero-order valence-corrected chi connectivity index (χ0v) is 7.66. The van der Waals surface area contributed by atoms with Gasteiger partial charge < -0.3 is 0 Å². The topological polar surface area (TPSA) is 34.9 Å². The normalized spacial score (nSPS) is 17.3. The highest BCUT2D eigenvalue weighted by Gasteiger charge is 2.13. The van der Waals surface area contributed by atoms with Gasteiger partial charge in [-0.25, -0.2) is 0 Å². The maximum absolute atomic E-state index is 11.0. The number of aromatic nitrogens is 2. The van der Waals surface area contributed by atoms with E-state index in [0.717, 1.165) is 12.1 Å². The summed E-state index contributed by atoms with van der Waals surface area (Å²) in [4.78, 5) is 11.0. The van der Waals surface area contributed by atoms with Crippen molar-refractivity contribution >= 4 is 11.4 Å². The Bertz CT molecular complexity index is 363. The average molecular weight is 176 g/mol. The van der Waals surface area contributed by atoms with E-state index in [0.29, 0.717) is 18.6 Å². The van der Waals surface area contributed by atoms with Crippen LogP contribution in [0.1, 0.15) is 25.0 Å². The van der Waals surface area contributed by atoms with Crippen molar-refractivity contribution in [1.82, 2.24) is 9.78 Å². The van der Waals surface area contributed by atoms with Gasteiger partial charge >= 0.3 is 0 Å². The quantitative estimate of drug-likeness (QED) is 0.650. The maximum atomic E-state index is 11.0. The number of aryl methyl sites for hydroxylation is 1. The molecule has 68 valence electrons. The average Bonchev–Trinajstić information content (AvgIpc) is 2.53. The minimum Gasteiger partial charge on any atom is -0.299 e. The third kappa shape index (κ3) is 1.54. The number of rotatable bonds is 1. The number of ketones is 1. The number of carbonyl (C=O) groups is 1. The lowest BCUT2D eigenvalue weighted by molar-refractivity contribution is -0.118. The molecule has 0 aromatic carbocycles. The maximum Gasteiger partial charge on any atom is 0.137 e. The number of nitrogens with zero attached hydrogens (tertiary/aromatic N) is 2. The van der Waals surface area contributed by atoms with Crippen LogP contribution in [0.2, 0.25) is 0 Å². The van der Waals surface area contributed by atoms with Gasteiger partial charge in [0.2, 0.25) is 0 Å². The molecule has 1 aliphatic rings. The van der Waals surface area contributed by atoms with Crippen molar-refractivity contribution < 1.29 is 4.79 Å². The number of Topliss-reactive ketones (excluding diaryl/α,β-unsaturated/α-hetero) is 1. The lowest BCUT2D eigenvalue weighted by atomic mass is 9.96. The highest BCUT2D eigenvalue weighted by molar-refractivity contribution is 5.86. The summed E-state index contributed by atoms with van der Waals surface area (Å²) in [6, 6.07) is 1.99. The zero-order chi connectivity index (χ0) is 9.26. The first-order valence-electron chi connectivity index (χ1n) is 4.46. The summed E-state index contributed by atoms with van der Waals surface area (Å²) in [7, 11) is 1.92. The Morgan fingerprint density at radius 1 is 1.46 bits per heavy atom. The second kappa shape index (κ2) is 3.17. The molecule has 2 rings (SSSR count). The third-order valence-corrected chi connectivity index (χ3v) is 2.40. The molecule has 0 saturated heterocycles. The smallest absolute Gasteiger partial charge is 0.137 e. The zero-order valence-electron chi connectivity index (χ0n) is 7.66. The summed E-state index contributed by atoms with van der Waals surface area (Å²) < 4.78 is 1.85. The van der Waals surface area contributed by atoms with E-state index in [1.165, 1.54) is 5.57 Å². The van der Waals surface area contributed by atoms with Crippen LogP contribution in [0, 0.1) is 0 Å². The summed E-state index contributed by atoms with van der Waals surface area (Å²) in [5, 5.41) is 4.10. The molecule has 0 radical (unpaired) electrons. The van der Waals surface area contributed by atoms with Crippen LogP contribution in [0.15, 0.2) is 18.3 Å². The molecule has 0 N–H and O–H groups in total. The Labute approximate surface area is 77.1 Å². The molecule has 0 fully saturated rings. The van der Waals surface area contributed by atoms with E-state index in [4.69, 9.17) is 0 Å². The fourth-order valence-electron chi connectivity index (χ4n) is 1.64. The van der Waals surface area contributed by atoms with Crippen molar-refractivity contribution in [3.05, 3.63) is 24.0 Å². The van der Waals surface area contributed by atoms with Crippen LogP contribution in [0.25, 0.3) is 5.57 Å². The van der Waals surface area contributed by atoms with E-state index >= 15 is 0 Å². The Kier molecular flexibility index (Phi) is 2.00. The molecule has 1 heterocycles. The first kappa shape index (κ1) is 8.23. The Morgan fingerprint density at radius 2 is 2.31 bits per heavy atom. The van der Waals surface area contributed by atoms with Gasteiger partial charge in [-0.15, -0.1) is 0 Å². The van der Waals surface area contributed by atoms with Gasteiger partial charge in [0.25, 0.3) is 0 Å². The van der Waals surface area contributed by atoms with Gasteiger partial charge in [-0.1, -0.05) is 6.08 Å². The molecular formula is C10H12N2O. The van der Waals surface area contributed by atoms with E-state index in [2.05, 4.69) is 5.10 Å². The van der Waals surface area contributed by atoms with Crippen LogP contribution in [0.5, 0.6) is 0 Å². The number of hydrogen-bond acceptors (Lipinski definition) is 2. The number of carbonyl (C=O) groups excluding carboxylic acids is 1. The summed E-state index contributed by atoms with van der Waals surface area (Å²) in [5.74, 6) is 0.339. The molecule has 0 amide bonds. The van der Waals surface area contributed by atoms with Crippen LogP contribution in [0.4, 0.5) is 0 Å². The van der Waals surface area contributed by atoms with Crippen molar-refractivity contribution in [3.8, 4) is 0 Å². The summed E-state index contributed by atoms with van der Waals surface area (Å²) >= 11 is 0. The monoisotopic (exact) mass is 176 g/mol. The van der Waals surface area contributed by atoms with Crippen LogP contribution in [-0.4, -0.2) is 15.6 Å². The first-order valence-corrected chi connectivity index (χ1v) is 4.46. The molecule has 0 atom stereocenters. The predicted molar refractivity (Wildman–Crippen MR) is 50.0 cm³/mol. The Hall–Kier alpha value is -1.38. The van der Waals surface area contributed by atoms with Crippen LogP contribution >= 0.6 is 0 Å². The fraction of sp³-hybridized carbons (Fsp3) is 0.400.